The number of carbonyl (C=O) groups excluding carboxylic acids is 1. The molecule has 0 aromatic rings. The third-order valence-electron chi connectivity index (χ3n) is 10.7. The van der Waals surface area contributed by atoms with Gasteiger partial charge in [0.25, 0.3) is 0 Å². The SMILES string of the molecule is CCCCCCCCCCCCCCCCCCCCCCCCCC(O)CC(=O)NC(CO)C(O)CCCCCCCCCCCCC. The van der Waals surface area contributed by atoms with Gasteiger partial charge >= 0.3 is 0 Å². The predicted molar refractivity (Wildman–Crippen MR) is 213 cm³/mol. The van der Waals surface area contributed by atoms with Gasteiger partial charge in [-0.3, -0.25) is 4.79 Å². The molecule has 0 heterocycles. The number of aliphatic hydroxyl groups excluding tert-OH is 3. The largest absolute Gasteiger partial charge is 0.394 e. The number of hydrogen-bond donors (Lipinski definition) is 4. The summed E-state index contributed by atoms with van der Waals surface area (Å²) in [5.74, 6) is -0.279. The molecule has 1 amide bonds. The zero-order chi connectivity index (χ0) is 35.9. The van der Waals surface area contributed by atoms with Crippen LogP contribution in [0.1, 0.15) is 251 Å². The van der Waals surface area contributed by atoms with Gasteiger partial charge in [0.15, 0.2) is 0 Å². The Kier molecular flexibility index (Phi) is 39.6. The molecule has 3 atom stereocenters. The van der Waals surface area contributed by atoms with Crippen molar-refractivity contribution in [1.29, 1.82) is 0 Å². The molecule has 0 aromatic heterocycles. The van der Waals surface area contributed by atoms with E-state index in [2.05, 4.69) is 19.2 Å². The van der Waals surface area contributed by atoms with E-state index in [1.807, 2.05) is 0 Å². The van der Waals surface area contributed by atoms with E-state index in [9.17, 15) is 20.1 Å². The molecule has 0 aliphatic carbocycles. The maximum Gasteiger partial charge on any atom is 0.222 e. The highest BCUT2D eigenvalue weighted by Gasteiger charge is 2.21. The Hall–Kier alpha value is -0.650. The van der Waals surface area contributed by atoms with Gasteiger partial charge in [0.2, 0.25) is 5.91 Å². The highest BCUT2D eigenvalue weighted by Crippen LogP contribution is 2.17. The summed E-state index contributed by atoms with van der Waals surface area (Å²) in [5, 5.41) is 33.3. The molecule has 0 bridgehead atoms. The second kappa shape index (κ2) is 40.1. The number of aliphatic hydroxyl groups is 3. The molecule has 0 fully saturated rings. The van der Waals surface area contributed by atoms with Crippen LogP contribution in [0, 0.1) is 0 Å². The van der Waals surface area contributed by atoms with Crippen molar-refractivity contribution in [2.24, 2.45) is 0 Å². The number of amides is 1. The lowest BCUT2D eigenvalue weighted by molar-refractivity contribution is -0.125. The monoisotopic (exact) mass is 696 g/mol. The molecule has 294 valence electrons. The lowest BCUT2D eigenvalue weighted by Crippen LogP contribution is -2.46. The maximum absolute atomic E-state index is 12.4. The van der Waals surface area contributed by atoms with Gasteiger partial charge in [-0.15, -0.1) is 0 Å². The smallest absolute Gasteiger partial charge is 0.222 e. The van der Waals surface area contributed by atoms with Crippen molar-refractivity contribution in [3.63, 3.8) is 0 Å². The summed E-state index contributed by atoms with van der Waals surface area (Å²) < 4.78 is 0. The molecule has 0 aliphatic rings. The van der Waals surface area contributed by atoms with Gasteiger partial charge in [0, 0.05) is 0 Å². The fourth-order valence-electron chi connectivity index (χ4n) is 7.23. The van der Waals surface area contributed by atoms with Crippen LogP contribution in [0.2, 0.25) is 0 Å². The van der Waals surface area contributed by atoms with E-state index in [1.54, 1.807) is 0 Å². The number of hydrogen-bond acceptors (Lipinski definition) is 4. The molecule has 0 saturated carbocycles. The van der Waals surface area contributed by atoms with Crippen LogP contribution in [0.4, 0.5) is 0 Å². The minimum atomic E-state index is -0.742. The van der Waals surface area contributed by atoms with Crippen molar-refractivity contribution in [1.82, 2.24) is 5.32 Å². The van der Waals surface area contributed by atoms with Crippen molar-refractivity contribution >= 4 is 5.91 Å². The van der Waals surface area contributed by atoms with Gasteiger partial charge in [-0.05, 0) is 12.8 Å². The first-order chi connectivity index (χ1) is 24.0. The van der Waals surface area contributed by atoms with Crippen LogP contribution < -0.4 is 5.32 Å². The molecule has 0 radical (unpaired) electrons. The molecule has 3 unspecified atom stereocenters. The van der Waals surface area contributed by atoms with Crippen LogP contribution in [0.3, 0.4) is 0 Å². The van der Waals surface area contributed by atoms with E-state index in [1.165, 1.54) is 193 Å². The number of carbonyl (C=O) groups is 1. The van der Waals surface area contributed by atoms with E-state index in [-0.39, 0.29) is 18.9 Å². The van der Waals surface area contributed by atoms with Crippen LogP contribution in [-0.4, -0.2) is 46.1 Å². The normalized spacial score (nSPS) is 13.5. The Labute approximate surface area is 307 Å². The van der Waals surface area contributed by atoms with E-state index < -0.39 is 18.2 Å². The standard InChI is InChI=1S/C44H89NO4/c1-3-5-7-9-11-13-15-16-17-18-19-20-21-22-23-24-25-26-28-29-31-33-35-37-41(47)39-44(49)45-42(40-46)43(48)38-36-34-32-30-27-14-12-10-8-6-4-2/h41-43,46-48H,3-40H2,1-2H3,(H,45,49). The molecular weight excluding hydrogens is 606 g/mol. The summed E-state index contributed by atoms with van der Waals surface area (Å²) in [6, 6.07) is -0.651. The Morgan fingerprint density at radius 1 is 0.429 bits per heavy atom. The Bertz CT molecular complexity index is 644. The average Bonchev–Trinajstić information content (AvgIpc) is 3.09. The van der Waals surface area contributed by atoms with E-state index >= 15 is 0 Å². The minimum Gasteiger partial charge on any atom is -0.394 e. The van der Waals surface area contributed by atoms with Crippen molar-refractivity contribution in [3.05, 3.63) is 0 Å². The Balaban J connectivity index is 3.51. The number of nitrogens with one attached hydrogen (secondary N) is 1. The fourth-order valence-corrected chi connectivity index (χ4v) is 7.23. The number of unbranched alkanes of at least 4 members (excludes halogenated alkanes) is 32. The summed E-state index contributed by atoms with van der Waals surface area (Å²) in [6.45, 7) is 4.27. The molecule has 0 aliphatic heterocycles. The summed E-state index contributed by atoms with van der Waals surface area (Å²) in [5.41, 5.74) is 0. The van der Waals surface area contributed by atoms with Crippen LogP contribution in [0.15, 0.2) is 0 Å². The third-order valence-corrected chi connectivity index (χ3v) is 10.7. The zero-order valence-electron chi connectivity index (χ0n) is 33.4. The molecule has 0 aromatic carbocycles. The van der Waals surface area contributed by atoms with Crippen LogP contribution in [-0.2, 0) is 4.79 Å². The molecule has 0 spiro atoms. The average molecular weight is 696 g/mol. The number of rotatable bonds is 41. The van der Waals surface area contributed by atoms with Gasteiger partial charge in [-0.1, -0.05) is 232 Å². The van der Waals surface area contributed by atoms with E-state index in [0.29, 0.717) is 12.8 Å². The van der Waals surface area contributed by atoms with Crippen LogP contribution >= 0.6 is 0 Å². The highest BCUT2D eigenvalue weighted by molar-refractivity contribution is 5.76. The lowest BCUT2D eigenvalue weighted by Gasteiger charge is -2.23. The molecule has 5 nitrogen and oxygen atoms in total. The van der Waals surface area contributed by atoms with Crippen molar-refractivity contribution in [2.45, 2.75) is 270 Å². The van der Waals surface area contributed by atoms with Crippen LogP contribution in [0.25, 0.3) is 0 Å². The molecule has 0 rings (SSSR count). The van der Waals surface area contributed by atoms with E-state index in [0.717, 1.165) is 25.7 Å². The quantitative estimate of drug-likeness (QED) is 0.0479. The Morgan fingerprint density at radius 3 is 0.980 bits per heavy atom. The molecule has 49 heavy (non-hydrogen) atoms. The third kappa shape index (κ3) is 36.9. The fraction of sp³-hybridized carbons (Fsp3) is 0.977. The predicted octanol–water partition coefficient (Wildman–Crippen LogP) is 12.7. The Morgan fingerprint density at radius 2 is 0.694 bits per heavy atom. The highest BCUT2D eigenvalue weighted by atomic mass is 16.3. The summed E-state index contributed by atoms with van der Waals surface area (Å²) >= 11 is 0. The first kappa shape index (κ1) is 48.3. The second-order valence-electron chi connectivity index (χ2n) is 15.7. The van der Waals surface area contributed by atoms with Gasteiger partial charge < -0.3 is 20.6 Å². The van der Waals surface area contributed by atoms with Crippen molar-refractivity contribution in [3.8, 4) is 0 Å². The molecule has 0 saturated heterocycles. The van der Waals surface area contributed by atoms with Gasteiger partial charge in [-0.25, -0.2) is 0 Å². The molecular formula is C44H89NO4. The second-order valence-corrected chi connectivity index (χ2v) is 15.7. The van der Waals surface area contributed by atoms with Crippen molar-refractivity contribution in [2.75, 3.05) is 6.61 Å². The minimum absolute atomic E-state index is 0.0426. The van der Waals surface area contributed by atoms with Gasteiger partial charge in [0.05, 0.1) is 31.3 Å². The molecule has 4 N–H and O–H groups in total. The molecule has 5 heteroatoms. The lowest BCUT2D eigenvalue weighted by atomic mass is 10.0. The van der Waals surface area contributed by atoms with Crippen LogP contribution in [0.5, 0.6) is 0 Å². The summed E-state index contributed by atoms with van der Waals surface area (Å²) in [7, 11) is 0. The van der Waals surface area contributed by atoms with Crippen molar-refractivity contribution < 1.29 is 20.1 Å². The first-order valence-electron chi connectivity index (χ1n) is 22.3. The van der Waals surface area contributed by atoms with E-state index in [4.69, 9.17) is 0 Å². The summed E-state index contributed by atoms with van der Waals surface area (Å²) in [4.78, 5) is 12.4. The zero-order valence-corrected chi connectivity index (χ0v) is 33.4. The topological polar surface area (TPSA) is 89.8 Å². The van der Waals surface area contributed by atoms with Gasteiger partial charge in [0.1, 0.15) is 0 Å². The maximum atomic E-state index is 12.4. The summed E-state index contributed by atoms with van der Waals surface area (Å²) in [6.07, 6.45) is 45.1. The van der Waals surface area contributed by atoms with Gasteiger partial charge in [-0.2, -0.15) is 0 Å². The first-order valence-corrected chi connectivity index (χ1v) is 22.3.